The fourth-order valence-electron chi connectivity index (χ4n) is 3.43. The Bertz CT molecular complexity index is 722. The number of hydrogen-bond acceptors (Lipinski definition) is 2. The third kappa shape index (κ3) is 7.43. The van der Waals surface area contributed by atoms with E-state index in [1.54, 1.807) is 0 Å². The summed E-state index contributed by atoms with van der Waals surface area (Å²) in [6.07, 6.45) is 5.98. The van der Waals surface area contributed by atoms with Crippen LogP contribution in [0, 0.1) is 17.8 Å². The molecule has 0 radical (unpaired) electrons. The molecule has 2 nitrogen and oxygen atoms in total. The largest absolute Gasteiger partial charge is 0.407 e. The molecular formula is C27H38O2Si. The SMILES string of the molecule is CCCC#CCC(CC)O[Si](OCCCC(C)C)(c1ccccc1)c1ccccc1. The van der Waals surface area contributed by atoms with Gasteiger partial charge >= 0.3 is 8.56 Å². The molecule has 2 aromatic carbocycles. The Morgan fingerprint density at radius 1 is 0.867 bits per heavy atom. The smallest absolute Gasteiger partial charge is 0.388 e. The van der Waals surface area contributed by atoms with E-state index in [1.807, 2.05) is 0 Å². The van der Waals surface area contributed by atoms with E-state index >= 15 is 0 Å². The Morgan fingerprint density at radius 2 is 1.47 bits per heavy atom. The summed E-state index contributed by atoms with van der Waals surface area (Å²) in [5.41, 5.74) is 0. The van der Waals surface area contributed by atoms with Crippen LogP contribution in [0.4, 0.5) is 0 Å². The molecule has 1 atom stereocenters. The minimum Gasteiger partial charge on any atom is -0.388 e. The van der Waals surface area contributed by atoms with Gasteiger partial charge in [-0.2, -0.15) is 0 Å². The fourth-order valence-corrected chi connectivity index (χ4v) is 6.85. The third-order valence-electron chi connectivity index (χ3n) is 5.16. The first-order valence-corrected chi connectivity index (χ1v) is 13.3. The molecule has 3 heteroatoms. The van der Waals surface area contributed by atoms with Crippen molar-refractivity contribution in [1.82, 2.24) is 0 Å². The maximum Gasteiger partial charge on any atom is 0.407 e. The van der Waals surface area contributed by atoms with E-state index in [0.29, 0.717) is 12.5 Å². The van der Waals surface area contributed by atoms with Gasteiger partial charge in [-0.3, -0.25) is 0 Å². The van der Waals surface area contributed by atoms with Crippen LogP contribution in [0.3, 0.4) is 0 Å². The van der Waals surface area contributed by atoms with Gasteiger partial charge in [0.2, 0.25) is 0 Å². The van der Waals surface area contributed by atoms with Crippen LogP contribution in [0.15, 0.2) is 60.7 Å². The molecule has 0 saturated heterocycles. The van der Waals surface area contributed by atoms with Gasteiger partial charge in [-0.15, -0.1) is 11.8 Å². The first-order chi connectivity index (χ1) is 14.6. The molecule has 30 heavy (non-hydrogen) atoms. The van der Waals surface area contributed by atoms with Crippen LogP contribution in [-0.4, -0.2) is 21.3 Å². The number of hydrogen-bond donors (Lipinski definition) is 0. The quantitative estimate of drug-likeness (QED) is 0.249. The van der Waals surface area contributed by atoms with Crippen molar-refractivity contribution in [2.75, 3.05) is 6.61 Å². The van der Waals surface area contributed by atoms with Crippen molar-refractivity contribution in [2.45, 2.75) is 72.3 Å². The highest BCUT2D eigenvalue weighted by Gasteiger charge is 2.44. The van der Waals surface area contributed by atoms with Gasteiger partial charge < -0.3 is 8.85 Å². The lowest BCUT2D eigenvalue weighted by molar-refractivity contribution is 0.128. The van der Waals surface area contributed by atoms with Crippen molar-refractivity contribution in [1.29, 1.82) is 0 Å². The maximum absolute atomic E-state index is 6.96. The van der Waals surface area contributed by atoms with Crippen molar-refractivity contribution in [3.8, 4) is 11.8 Å². The second kappa shape index (κ2) is 13.4. The average molecular weight is 423 g/mol. The summed E-state index contributed by atoms with van der Waals surface area (Å²) in [6, 6.07) is 21.1. The molecule has 0 heterocycles. The zero-order valence-corrected chi connectivity index (χ0v) is 20.2. The highest BCUT2D eigenvalue weighted by Crippen LogP contribution is 2.18. The normalized spacial score (nSPS) is 12.4. The molecule has 0 saturated carbocycles. The maximum atomic E-state index is 6.96. The van der Waals surface area contributed by atoms with E-state index in [-0.39, 0.29) is 6.10 Å². The summed E-state index contributed by atoms with van der Waals surface area (Å²) < 4.78 is 13.7. The minimum atomic E-state index is -2.84. The summed E-state index contributed by atoms with van der Waals surface area (Å²) >= 11 is 0. The molecule has 0 spiro atoms. The summed E-state index contributed by atoms with van der Waals surface area (Å²) in [6.45, 7) is 9.58. The Morgan fingerprint density at radius 3 is 1.97 bits per heavy atom. The Labute approximate surface area is 185 Å². The molecular weight excluding hydrogens is 384 g/mol. The predicted octanol–water partition coefficient (Wildman–Crippen LogP) is 5.68. The zero-order valence-electron chi connectivity index (χ0n) is 19.2. The molecule has 0 aliphatic rings. The summed E-state index contributed by atoms with van der Waals surface area (Å²) in [5, 5.41) is 2.33. The Kier molecular flexibility index (Phi) is 10.9. The monoisotopic (exact) mass is 422 g/mol. The van der Waals surface area contributed by atoms with Crippen molar-refractivity contribution in [2.24, 2.45) is 5.92 Å². The number of rotatable bonds is 12. The average Bonchev–Trinajstić information content (AvgIpc) is 2.78. The first kappa shape index (κ1) is 24.4. The van der Waals surface area contributed by atoms with Crippen LogP contribution in [0.1, 0.15) is 66.2 Å². The lowest BCUT2D eigenvalue weighted by Gasteiger charge is -2.34. The van der Waals surface area contributed by atoms with E-state index in [9.17, 15) is 0 Å². The van der Waals surface area contributed by atoms with Crippen molar-refractivity contribution in [3.05, 3.63) is 60.7 Å². The van der Waals surface area contributed by atoms with Gasteiger partial charge in [-0.05, 0) is 42.0 Å². The molecule has 1 unspecified atom stereocenters. The molecule has 2 aromatic rings. The van der Waals surface area contributed by atoms with Crippen LogP contribution in [0.5, 0.6) is 0 Å². The highest BCUT2D eigenvalue weighted by atomic mass is 28.4. The highest BCUT2D eigenvalue weighted by molar-refractivity contribution is 6.92. The summed E-state index contributed by atoms with van der Waals surface area (Å²) in [7, 11) is -2.84. The fraction of sp³-hybridized carbons (Fsp3) is 0.481. The van der Waals surface area contributed by atoms with Crippen molar-refractivity contribution >= 4 is 18.9 Å². The van der Waals surface area contributed by atoms with E-state index in [2.05, 4.69) is 100 Å². The van der Waals surface area contributed by atoms with Crippen LogP contribution < -0.4 is 10.4 Å². The molecule has 0 aromatic heterocycles. The van der Waals surface area contributed by atoms with Gasteiger partial charge in [0.05, 0.1) is 6.10 Å². The van der Waals surface area contributed by atoms with E-state index in [1.165, 1.54) is 10.4 Å². The summed E-state index contributed by atoms with van der Waals surface area (Å²) in [5.74, 6) is 7.29. The third-order valence-corrected chi connectivity index (χ3v) is 8.62. The predicted molar refractivity (Wildman–Crippen MR) is 130 cm³/mol. The van der Waals surface area contributed by atoms with Gasteiger partial charge in [-0.25, -0.2) is 0 Å². The molecule has 0 bridgehead atoms. The van der Waals surface area contributed by atoms with Crippen molar-refractivity contribution < 1.29 is 8.85 Å². The number of unbranched alkanes of at least 4 members (excludes halogenated alkanes) is 1. The van der Waals surface area contributed by atoms with Crippen LogP contribution >= 0.6 is 0 Å². The van der Waals surface area contributed by atoms with E-state index in [0.717, 1.165) is 38.5 Å². The zero-order chi connectivity index (χ0) is 21.7. The molecule has 0 fully saturated rings. The van der Waals surface area contributed by atoms with Gasteiger partial charge in [0.25, 0.3) is 0 Å². The van der Waals surface area contributed by atoms with Crippen molar-refractivity contribution in [3.63, 3.8) is 0 Å². The van der Waals surface area contributed by atoms with Gasteiger partial charge in [-0.1, -0.05) is 88.4 Å². The lowest BCUT2D eigenvalue weighted by atomic mass is 10.1. The molecule has 162 valence electrons. The Hall–Kier alpha value is -1.86. The molecule has 0 N–H and O–H groups in total. The van der Waals surface area contributed by atoms with E-state index < -0.39 is 8.56 Å². The second-order valence-electron chi connectivity index (χ2n) is 8.19. The van der Waals surface area contributed by atoms with Crippen LogP contribution in [0.25, 0.3) is 0 Å². The molecule has 0 aliphatic heterocycles. The standard InChI is InChI=1S/C27H38O2Si/c1-5-7-8-11-18-25(6-2)29-30(26-19-12-9-13-20-26,27-21-14-10-15-22-27)28-23-16-17-24(3)4/h9-10,12-15,19-22,24-25H,5-7,16-18,23H2,1-4H3. The lowest BCUT2D eigenvalue weighted by Crippen LogP contribution is -2.64. The molecule has 0 amide bonds. The van der Waals surface area contributed by atoms with Gasteiger partial charge in [0.15, 0.2) is 0 Å². The Balaban J connectivity index is 2.38. The van der Waals surface area contributed by atoms with E-state index in [4.69, 9.17) is 8.85 Å². The summed E-state index contributed by atoms with van der Waals surface area (Å²) in [4.78, 5) is 0. The van der Waals surface area contributed by atoms with Crippen LogP contribution in [0.2, 0.25) is 0 Å². The first-order valence-electron chi connectivity index (χ1n) is 11.5. The van der Waals surface area contributed by atoms with Gasteiger partial charge in [0, 0.05) is 19.4 Å². The van der Waals surface area contributed by atoms with Crippen LogP contribution in [-0.2, 0) is 8.85 Å². The molecule has 0 aliphatic carbocycles. The number of benzene rings is 2. The van der Waals surface area contributed by atoms with Gasteiger partial charge in [0.1, 0.15) is 0 Å². The topological polar surface area (TPSA) is 18.5 Å². The second-order valence-corrected chi connectivity index (χ2v) is 11.1. The minimum absolute atomic E-state index is 0.0616. The molecule has 2 rings (SSSR count).